The summed E-state index contributed by atoms with van der Waals surface area (Å²) in [6.07, 6.45) is 0. The Bertz CT molecular complexity index is 816. The van der Waals surface area contributed by atoms with Gasteiger partial charge in [-0.15, -0.1) is 0 Å². The number of benzene rings is 1. The number of rotatable bonds is 4. The van der Waals surface area contributed by atoms with Crippen LogP contribution in [-0.2, 0) is 11.3 Å². The Balaban J connectivity index is 2.24. The summed E-state index contributed by atoms with van der Waals surface area (Å²) >= 11 is 0. The van der Waals surface area contributed by atoms with Crippen LogP contribution in [0.2, 0.25) is 0 Å². The molecule has 2 aromatic rings. The van der Waals surface area contributed by atoms with E-state index < -0.39 is 0 Å². The largest absolute Gasteiger partial charge is 0.423 e. The van der Waals surface area contributed by atoms with Crippen molar-refractivity contribution >= 4 is 16.9 Å². The molecule has 0 fully saturated rings. The third-order valence-corrected chi connectivity index (χ3v) is 3.81. The van der Waals surface area contributed by atoms with Crippen molar-refractivity contribution in [3.8, 4) is 0 Å². The molecular formula is C19H26N2O3. The van der Waals surface area contributed by atoms with Crippen LogP contribution >= 0.6 is 0 Å². The lowest BCUT2D eigenvalue weighted by Crippen LogP contribution is -2.45. The monoisotopic (exact) mass is 330 g/mol. The zero-order valence-electron chi connectivity index (χ0n) is 15.3. The van der Waals surface area contributed by atoms with Gasteiger partial charge in [0, 0.05) is 23.5 Å². The minimum atomic E-state index is -0.367. The molecular weight excluding hydrogens is 304 g/mol. The molecule has 1 aromatic carbocycles. The third kappa shape index (κ3) is 4.68. The molecule has 5 heteroatoms. The maximum absolute atomic E-state index is 12.1. The van der Waals surface area contributed by atoms with Gasteiger partial charge in [0.25, 0.3) is 0 Å². The van der Waals surface area contributed by atoms with Gasteiger partial charge in [-0.1, -0.05) is 0 Å². The summed E-state index contributed by atoms with van der Waals surface area (Å²) in [5.74, 6) is -0.0377. The van der Waals surface area contributed by atoms with Gasteiger partial charge in [0.2, 0.25) is 5.91 Å². The number of carbonyl (C=O) groups excluding carboxylic acids is 1. The smallest absolute Gasteiger partial charge is 0.336 e. The molecule has 1 heterocycles. The zero-order valence-corrected chi connectivity index (χ0v) is 15.3. The number of aryl methyl sites for hydroxylation is 2. The van der Waals surface area contributed by atoms with Crippen molar-refractivity contribution in [3.05, 3.63) is 45.3 Å². The van der Waals surface area contributed by atoms with E-state index in [0.29, 0.717) is 12.1 Å². The molecule has 0 aliphatic carbocycles. The van der Waals surface area contributed by atoms with Gasteiger partial charge < -0.3 is 9.73 Å². The third-order valence-electron chi connectivity index (χ3n) is 3.81. The minimum Gasteiger partial charge on any atom is -0.423 e. The second-order valence-electron chi connectivity index (χ2n) is 7.49. The predicted octanol–water partition coefficient (Wildman–Crippen LogP) is 2.76. The van der Waals surface area contributed by atoms with E-state index in [0.717, 1.165) is 22.1 Å². The number of nitrogens with one attached hydrogen (secondary N) is 1. The Morgan fingerprint density at radius 1 is 1.17 bits per heavy atom. The topological polar surface area (TPSA) is 62.6 Å². The summed E-state index contributed by atoms with van der Waals surface area (Å²) in [4.78, 5) is 25.8. The number of likely N-dealkylation sites (N-methyl/N-ethyl adjacent to an activating group) is 1. The molecule has 2 rings (SSSR count). The first-order valence-corrected chi connectivity index (χ1v) is 8.09. The van der Waals surface area contributed by atoms with Gasteiger partial charge in [-0.2, -0.15) is 0 Å². The lowest BCUT2D eigenvalue weighted by molar-refractivity contribution is -0.123. The quantitative estimate of drug-likeness (QED) is 0.876. The molecule has 0 spiro atoms. The number of hydrogen-bond acceptors (Lipinski definition) is 4. The maximum Gasteiger partial charge on any atom is 0.336 e. The highest BCUT2D eigenvalue weighted by atomic mass is 16.4. The van der Waals surface area contributed by atoms with Crippen LogP contribution in [0.25, 0.3) is 11.0 Å². The summed E-state index contributed by atoms with van der Waals surface area (Å²) in [5, 5.41) is 3.86. The lowest BCUT2D eigenvalue weighted by atomic mass is 10.0. The van der Waals surface area contributed by atoms with E-state index in [-0.39, 0.29) is 23.6 Å². The van der Waals surface area contributed by atoms with Crippen LogP contribution < -0.4 is 10.9 Å². The van der Waals surface area contributed by atoms with Crippen LogP contribution in [0.4, 0.5) is 0 Å². The molecule has 24 heavy (non-hydrogen) atoms. The number of fused-ring (bicyclic) bond motifs is 1. The zero-order chi connectivity index (χ0) is 18.1. The summed E-state index contributed by atoms with van der Waals surface area (Å²) in [7, 11) is 1.86. The van der Waals surface area contributed by atoms with Crippen molar-refractivity contribution < 1.29 is 9.21 Å². The molecule has 0 radical (unpaired) electrons. The normalized spacial score (nSPS) is 12.0. The fourth-order valence-electron chi connectivity index (χ4n) is 2.66. The minimum absolute atomic E-state index is 0.0377. The van der Waals surface area contributed by atoms with E-state index >= 15 is 0 Å². The lowest BCUT2D eigenvalue weighted by Gasteiger charge is -2.23. The van der Waals surface area contributed by atoms with Crippen molar-refractivity contribution in [2.75, 3.05) is 13.6 Å². The van der Waals surface area contributed by atoms with Crippen LogP contribution in [0, 0.1) is 13.8 Å². The van der Waals surface area contributed by atoms with Crippen LogP contribution in [0.5, 0.6) is 0 Å². The van der Waals surface area contributed by atoms with Crippen molar-refractivity contribution in [2.24, 2.45) is 0 Å². The first-order valence-electron chi connectivity index (χ1n) is 8.09. The van der Waals surface area contributed by atoms with E-state index in [9.17, 15) is 9.59 Å². The number of carbonyl (C=O) groups is 1. The standard InChI is InChI=1S/C19H26N2O3/c1-12-7-15-14(9-18(23)24-16(15)8-13(12)2)10-21(6)11-17(22)20-19(3,4)5/h7-9H,10-11H2,1-6H3,(H,20,22). The van der Waals surface area contributed by atoms with E-state index in [1.807, 2.05) is 58.7 Å². The molecule has 0 saturated carbocycles. The molecule has 0 saturated heterocycles. The van der Waals surface area contributed by atoms with Crippen molar-refractivity contribution in [2.45, 2.75) is 46.7 Å². The van der Waals surface area contributed by atoms with Crippen molar-refractivity contribution in [1.29, 1.82) is 0 Å². The van der Waals surface area contributed by atoms with E-state index in [1.54, 1.807) is 0 Å². The molecule has 0 bridgehead atoms. The molecule has 0 aliphatic rings. The van der Waals surface area contributed by atoms with Crippen LogP contribution in [0.3, 0.4) is 0 Å². The number of nitrogens with zero attached hydrogens (tertiary/aromatic N) is 1. The van der Waals surface area contributed by atoms with Crippen molar-refractivity contribution in [1.82, 2.24) is 10.2 Å². The average Bonchev–Trinajstić information content (AvgIpc) is 2.38. The second kappa shape index (κ2) is 6.77. The van der Waals surface area contributed by atoms with Gasteiger partial charge in [-0.3, -0.25) is 9.69 Å². The Labute approximate surface area is 142 Å². The maximum atomic E-state index is 12.1. The van der Waals surface area contributed by atoms with E-state index in [2.05, 4.69) is 5.32 Å². The second-order valence-corrected chi connectivity index (χ2v) is 7.49. The summed E-state index contributed by atoms with van der Waals surface area (Å²) in [6.45, 7) is 10.6. The number of amides is 1. The molecule has 1 amide bonds. The Morgan fingerprint density at radius 2 is 1.79 bits per heavy atom. The highest BCUT2D eigenvalue weighted by molar-refractivity contribution is 5.82. The van der Waals surface area contributed by atoms with Gasteiger partial charge in [0.1, 0.15) is 5.58 Å². The van der Waals surface area contributed by atoms with Gasteiger partial charge in [-0.25, -0.2) is 4.79 Å². The summed E-state index contributed by atoms with van der Waals surface area (Å²) in [5.41, 5.74) is 3.07. The van der Waals surface area contributed by atoms with E-state index in [4.69, 9.17) is 4.42 Å². The van der Waals surface area contributed by atoms with E-state index in [1.165, 1.54) is 6.07 Å². The predicted molar refractivity (Wildman–Crippen MR) is 96.2 cm³/mol. The fraction of sp³-hybridized carbons (Fsp3) is 0.474. The number of hydrogen-bond donors (Lipinski definition) is 1. The van der Waals surface area contributed by atoms with Gasteiger partial charge in [0.15, 0.2) is 0 Å². The molecule has 1 aromatic heterocycles. The Hall–Kier alpha value is -2.14. The SMILES string of the molecule is Cc1cc2oc(=O)cc(CN(C)CC(=O)NC(C)(C)C)c2cc1C. The molecule has 130 valence electrons. The van der Waals surface area contributed by atoms with Crippen LogP contribution in [0.15, 0.2) is 27.4 Å². The molecule has 0 unspecified atom stereocenters. The summed E-state index contributed by atoms with van der Waals surface area (Å²) in [6, 6.07) is 5.43. The first-order chi connectivity index (χ1) is 11.0. The molecule has 0 aliphatic heterocycles. The van der Waals surface area contributed by atoms with Crippen LogP contribution in [0.1, 0.15) is 37.5 Å². The average molecular weight is 330 g/mol. The highest BCUT2D eigenvalue weighted by Crippen LogP contribution is 2.22. The molecule has 5 nitrogen and oxygen atoms in total. The van der Waals surface area contributed by atoms with Crippen molar-refractivity contribution in [3.63, 3.8) is 0 Å². The Morgan fingerprint density at radius 3 is 2.42 bits per heavy atom. The van der Waals surface area contributed by atoms with Crippen LogP contribution in [-0.4, -0.2) is 29.9 Å². The fourth-order valence-corrected chi connectivity index (χ4v) is 2.66. The Kier molecular flexibility index (Phi) is 5.13. The highest BCUT2D eigenvalue weighted by Gasteiger charge is 2.16. The first kappa shape index (κ1) is 18.2. The molecule has 1 N–H and O–H groups in total. The van der Waals surface area contributed by atoms with Gasteiger partial charge in [-0.05, 0) is 70.5 Å². The summed E-state index contributed by atoms with van der Waals surface area (Å²) < 4.78 is 5.31. The van der Waals surface area contributed by atoms with Gasteiger partial charge in [0.05, 0.1) is 6.54 Å². The molecule has 0 atom stereocenters. The van der Waals surface area contributed by atoms with Gasteiger partial charge >= 0.3 is 5.63 Å².